The SMILES string of the molecule is COc1cc(OC)c(C2=NOC(CO)C2)c(OC)c1. The van der Waals surface area contributed by atoms with Crippen molar-refractivity contribution in [3.8, 4) is 17.2 Å². The van der Waals surface area contributed by atoms with E-state index in [0.717, 1.165) is 5.56 Å². The Morgan fingerprint density at radius 2 is 1.84 bits per heavy atom. The smallest absolute Gasteiger partial charge is 0.156 e. The Bertz CT molecular complexity index is 461. The number of aliphatic hydroxyl groups excluding tert-OH is 1. The molecule has 6 nitrogen and oxygen atoms in total. The molecule has 0 spiro atoms. The summed E-state index contributed by atoms with van der Waals surface area (Å²) >= 11 is 0. The zero-order chi connectivity index (χ0) is 13.8. The Hall–Kier alpha value is -1.95. The molecule has 2 rings (SSSR count). The molecule has 0 amide bonds. The summed E-state index contributed by atoms with van der Waals surface area (Å²) in [6.45, 7) is -0.0756. The number of methoxy groups -OCH3 is 3. The number of hydrogen-bond acceptors (Lipinski definition) is 6. The molecule has 1 aliphatic heterocycles. The van der Waals surface area contributed by atoms with Crippen LogP contribution >= 0.6 is 0 Å². The average molecular weight is 267 g/mol. The van der Waals surface area contributed by atoms with Gasteiger partial charge in [-0.15, -0.1) is 0 Å². The summed E-state index contributed by atoms with van der Waals surface area (Å²) in [5, 5.41) is 13.1. The molecular formula is C13H17NO5. The number of benzene rings is 1. The first-order chi connectivity index (χ1) is 9.23. The van der Waals surface area contributed by atoms with Crippen LogP contribution in [0.25, 0.3) is 0 Å². The maximum Gasteiger partial charge on any atom is 0.156 e. The molecule has 0 fully saturated rings. The van der Waals surface area contributed by atoms with Gasteiger partial charge in [-0.25, -0.2) is 0 Å². The van der Waals surface area contributed by atoms with Crippen molar-refractivity contribution in [2.75, 3.05) is 27.9 Å². The number of oxime groups is 1. The first-order valence-electron chi connectivity index (χ1n) is 5.87. The van der Waals surface area contributed by atoms with Gasteiger partial charge in [0.25, 0.3) is 0 Å². The van der Waals surface area contributed by atoms with E-state index in [-0.39, 0.29) is 12.7 Å². The van der Waals surface area contributed by atoms with E-state index in [1.54, 1.807) is 33.5 Å². The highest BCUT2D eigenvalue weighted by atomic mass is 16.6. The van der Waals surface area contributed by atoms with Crippen molar-refractivity contribution in [3.05, 3.63) is 17.7 Å². The molecule has 0 saturated heterocycles. The fourth-order valence-electron chi connectivity index (χ4n) is 1.96. The summed E-state index contributed by atoms with van der Waals surface area (Å²) < 4.78 is 15.9. The van der Waals surface area contributed by atoms with E-state index in [1.807, 2.05) is 0 Å². The van der Waals surface area contributed by atoms with Gasteiger partial charge in [0.1, 0.15) is 17.2 Å². The van der Waals surface area contributed by atoms with Gasteiger partial charge < -0.3 is 24.2 Å². The summed E-state index contributed by atoms with van der Waals surface area (Å²) in [5.74, 6) is 1.82. The second-order valence-electron chi connectivity index (χ2n) is 4.06. The van der Waals surface area contributed by atoms with Crippen molar-refractivity contribution in [2.24, 2.45) is 5.16 Å². The lowest BCUT2D eigenvalue weighted by Gasteiger charge is -2.14. The number of aliphatic hydroxyl groups is 1. The first kappa shape index (κ1) is 13.5. The molecule has 0 saturated carbocycles. The maximum absolute atomic E-state index is 9.09. The van der Waals surface area contributed by atoms with Gasteiger partial charge in [0.05, 0.1) is 39.2 Å². The molecule has 0 radical (unpaired) electrons. The molecule has 0 bridgehead atoms. The number of nitrogens with zero attached hydrogens (tertiary/aromatic N) is 1. The van der Waals surface area contributed by atoms with Gasteiger partial charge in [-0.05, 0) is 0 Å². The highest BCUT2D eigenvalue weighted by molar-refractivity contribution is 6.06. The molecule has 0 aromatic heterocycles. The molecule has 1 atom stereocenters. The Morgan fingerprint density at radius 3 is 2.26 bits per heavy atom. The minimum Gasteiger partial charge on any atom is -0.496 e. The summed E-state index contributed by atoms with van der Waals surface area (Å²) in [5.41, 5.74) is 1.41. The Morgan fingerprint density at radius 1 is 1.21 bits per heavy atom. The molecular weight excluding hydrogens is 250 g/mol. The normalized spacial score (nSPS) is 17.7. The summed E-state index contributed by atoms with van der Waals surface area (Å²) in [4.78, 5) is 5.12. The second-order valence-corrected chi connectivity index (χ2v) is 4.06. The van der Waals surface area contributed by atoms with Crippen molar-refractivity contribution < 1.29 is 24.2 Å². The Balaban J connectivity index is 2.43. The number of hydrogen-bond donors (Lipinski definition) is 1. The maximum atomic E-state index is 9.09. The van der Waals surface area contributed by atoms with Gasteiger partial charge in [0.15, 0.2) is 6.10 Å². The number of ether oxygens (including phenoxy) is 3. The van der Waals surface area contributed by atoms with E-state index >= 15 is 0 Å². The van der Waals surface area contributed by atoms with Crippen LogP contribution in [-0.2, 0) is 4.84 Å². The predicted octanol–water partition coefficient (Wildman–Crippen LogP) is 1.20. The fourth-order valence-corrected chi connectivity index (χ4v) is 1.96. The second kappa shape index (κ2) is 5.79. The third-order valence-electron chi connectivity index (χ3n) is 2.94. The molecule has 1 unspecified atom stereocenters. The highest BCUT2D eigenvalue weighted by Crippen LogP contribution is 2.36. The quantitative estimate of drug-likeness (QED) is 0.868. The molecule has 1 aliphatic rings. The predicted molar refractivity (Wildman–Crippen MR) is 69.2 cm³/mol. The lowest BCUT2D eigenvalue weighted by atomic mass is 10.0. The zero-order valence-electron chi connectivity index (χ0n) is 11.2. The molecule has 19 heavy (non-hydrogen) atoms. The molecule has 0 aliphatic carbocycles. The van der Waals surface area contributed by atoms with Crippen molar-refractivity contribution in [3.63, 3.8) is 0 Å². The van der Waals surface area contributed by atoms with Crippen molar-refractivity contribution in [2.45, 2.75) is 12.5 Å². The van der Waals surface area contributed by atoms with E-state index in [0.29, 0.717) is 29.4 Å². The van der Waals surface area contributed by atoms with E-state index in [4.69, 9.17) is 24.2 Å². The fraction of sp³-hybridized carbons (Fsp3) is 0.462. The van der Waals surface area contributed by atoms with Crippen LogP contribution in [0.1, 0.15) is 12.0 Å². The molecule has 1 aromatic carbocycles. The van der Waals surface area contributed by atoms with Crippen LogP contribution in [0.3, 0.4) is 0 Å². The number of rotatable bonds is 5. The summed E-state index contributed by atoms with van der Waals surface area (Å²) in [7, 11) is 4.71. The Kier molecular flexibility index (Phi) is 4.11. The van der Waals surface area contributed by atoms with Crippen LogP contribution in [0.15, 0.2) is 17.3 Å². The molecule has 1 heterocycles. The van der Waals surface area contributed by atoms with Gasteiger partial charge >= 0.3 is 0 Å². The molecule has 1 N–H and O–H groups in total. The van der Waals surface area contributed by atoms with Crippen molar-refractivity contribution in [1.82, 2.24) is 0 Å². The third-order valence-corrected chi connectivity index (χ3v) is 2.94. The van der Waals surface area contributed by atoms with E-state index in [9.17, 15) is 0 Å². The topological polar surface area (TPSA) is 69.5 Å². The average Bonchev–Trinajstić information content (AvgIpc) is 2.94. The van der Waals surface area contributed by atoms with Crippen LogP contribution in [0.4, 0.5) is 0 Å². The van der Waals surface area contributed by atoms with E-state index < -0.39 is 0 Å². The van der Waals surface area contributed by atoms with Crippen LogP contribution < -0.4 is 14.2 Å². The van der Waals surface area contributed by atoms with Crippen LogP contribution in [0.2, 0.25) is 0 Å². The van der Waals surface area contributed by atoms with Gasteiger partial charge in [-0.1, -0.05) is 5.16 Å². The summed E-state index contributed by atoms with van der Waals surface area (Å²) in [6.07, 6.45) is 0.196. The lowest BCUT2D eigenvalue weighted by Crippen LogP contribution is -2.13. The lowest BCUT2D eigenvalue weighted by molar-refractivity contribution is 0.0390. The first-order valence-corrected chi connectivity index (χ1v) is 5.87. The highest BCUT2D eigenvalue weighted by Gasteiger charge is 2.27. The van der Waals surface area contributed by atoms with E-state index in [2.05, 4.69) is 5.16 Å². The van der Waals surface area contributed by atoms with Gasteiger partial charge in [-0.2, -0.15) is 0 Å². The minimum atomic E-state index is -0.313. The van der Waals surface area contributed by atoms with Gasteiger partial charge in [-0.3, -0.25) is 0 Å². The Labute approximate surface area is 111 Å². The van der Waals surface area contributed by atoms with Gasteiger partial charge in [0.2, 0.25) is 0 Å². The van der Waals surface area contributed by atoms with Crippen LogP contribution in [-0.4, -0.2) is 44.9 Å². The monoisotopic (exact) mass is 267 g/mol. The standard InChI is InChI=1S/C13H17NO5/c1-16-8-5-11(17-2)13(12(6-8)18-3)10-4-9(7-15)19-14-10/h5-6,9,15H,4,7H2,1-3H3. The molecule has 6 heteroatoms. The van der Waals surface area contributed by atoms with Gasteiger partial charge in [0, 0.05) is 18.6 Å². The van der Waals surface area contributed by atoms with Crippen LogP contribution in [0.5, 0.6) is 17.2 Å². The largest absolute Gasteiger partial charge is 0.496 e. The van der Waals surface area contributed by atoms with Crippen molar-refractivity contribution >= 4 is 5.71 Å². The van der Waals surface area contributed by atoms with Crippen LogP contribution in [0, 0.1) is 0 Å². The minimum absolute atomic E-state index is 0.0756. The molecule has 1 aromatic rings. The third kappa shape index (κ3) is 2.58. The zero-order valence-corrected chi connectivity index (χ0v) is 11.2. The molecule has 104 valence electrons. The van der Waals surface area contributed by atoms with Crippen molar-refractivity contribution in [1.29, 1.82) is 0 Å². The summed E-state index contributed by atoms with van der Waals surface area (Å²) in [6, 6.07) is 3.51. The van der Waals surface area contributed by atoms with E-state index in [1.165, 1.54) is 0 Å².